The minimum absolute atomic E-state index is 0.816. The molecule has 0 aromatic carbocycles. The maximum Gasteiger partial charge on any atom is -0.000655 e. The Morgan fingerprint density at radius 3 is 2.40 bits per heavy atom. The molecule has 1 heterocycles. The average Bonchev–Trinajstić information content (AvgIpc) is 2.28. The van der Waals surface area contributed by atoms with Gasteiger partial charge in [0.15, 0.2) is 0 Å². The van der Waals surface area contributed by atoms with Crippen molar-refractivity contribution in [3.05, 3.63) is 0 Å². The fourth-order valence-electron chi connectivity index (χ4n) is 2.22. The number of likely N-dealkylation sites (tertiary alicyclic amines) is 1. The van der Waals surface area contributed by atoms with E-state index >= 15 is 0 Å². The van der Waals surface area contributed by atoms with E-state index in [-0.39, 0.29) is 0 Å². The molecule has 0 amide bonds. The van der Waals surface area contributed by atoms with Crippen molar-refractivity contribution in [1.29, 1.82) is 0 Å². The number of rotatable bonds is 7. The molecule has 0 unspecified atom stereocenters. The third kappa shape index (κ3) is 6.13. The van der Waals surface area contributed by atoms with Gasteiger partial charge in [0, 0.05) is 0 Å². The highest BCUT2D eigenvalue weighted by atomic mass is 15.1. The van der Waals surface area contributed by atoms with Gasteiger partial charge in [0.2, 0.25) is 0 Å². The number of nitrogens with two attached hydrogens (primary N) is 1. The van der Waals surface area contributed by atoms with Gasteiger partial charge in [-0.2, -0.15) is 0 Å². The van der Waals surface area contributed by atoms with Crippen molar-refractivity contribution in [2.75, 3.05) is 46.3 Å². The molecule has 0 aromatic heterocycles. The fraction of sp³-hybridized carbons (Fsp3) is 1.00. The molecule has 15 heavy (non-hydrogen) atoms. The lowest BCUT2D eigenvalue weighted by molar-refractivity contribution is 0.212. The summed E-state index contributed by atoms with van der Waals surface area (Å²) in [5.74, 6) is 0. The summed E-state index contributed by atoms with van der Waals surface area (Å²) in [6.45, 7) is 7.12. The molecule has 90 valence electrons. The van der Waals surface area contributed by atoms with E-state index in [2.05, 4.69) is 16.8 Å². The maximum absolute atomic E-state index is 5.49. The first-order valence-electron chi connectivity index (χ1n) is 6.44. The van der Waals surface area contributed by atoms with Crippen LogP contribution in [0.2, 0.25) is 0 Å². The molecule has 0 bridgehead atoms. The minimum Gasteiger partial charge on any atom is -0.330 e. The van der Waals surface area contributed by atoms with Gasteiger partial charge in [-0.3, -0.25) is 0 Å². The second kappa shape index (κ2) is 8.08. The van der Waals surface area contributed by atoms with Crippen LogP contribution in [-0.4, -0.2) is 56.1 Å². The standard InChI is InChI=1S/C12H27N3/c1-14(8-5-7-13)9-6-12-15-10-3-2-4-11-15/h2-13H2,1H3. The molecule has 0 spiro atoms. The van der Waals surface area contributed by atoms with Crippen LogP contribution in [0.4, 0.5) is 0 Å². The summed E-state index contributed by atoms with van der Waals surface area (Å²) in [7, 11) is 2.20. The van der Waals surface area contributed by atoms with Gasteiger partial charge in [0.25, 0.3) is 0 Å². The smallest absolute Gasteiger partial charge is 0.000655 e. The molecule has 1 rings (SSSR count). The Morgan fingerprint density at radius 1 is 1.07 bits per heavy atom. The normalized spacial score (nSPS) is 18.6. The molecule has 1 fully saturated rings. The lowest BCUT2D eigenvalue weighted by Gasteiger charge is -2.27. The molecular formula is C12H27N3. The number of hydrogen-bond acceptors (Lipinski definition) is 3. The van der Waals surface area contributed by atoms with Gasteiger partial charge in [0.1, 0.15) is 0 Å². The highest BCUT2D eigenvalue weighted by Crippen LogP contribution is 2.08. The monoisotopic (exact) mass is 213 g/mol. The molecule has 0 atom stereocenters. The third-order valence-electron chi connectivity index (χ3n) is 3.21. The molecule has 1 saturated heterocycles. The number of hydrogen-bond donors (Lipinski definition) is 1. The average molecular weight is 213 g/mol. The second-order valence-electron chi connectivity index (χ2n) is 4.70. The molecule has 3 nitrogen and oxygen atoms in total. The molecule has 0 aliphatic carbocycles. The van der Waals surface area contributed by atoms with E-state index in [1.54, 1.807) is 0 Å². The van der Waals surface area contributed by atoms with Gasteiger partial charge < -0.3 is 15.5 Å². The first-order valence-corrected chi connectivity index (χ1v) is 6.44. The largest absolute Gasteiger partial charge is 0.330 e. The zero-order valence-electron chi connectivity index (χ0n) is 10.2. The highest BCUT2D eigenvalue weighted by molar-refractivity contribution is 4.65. The molecule has 0 saturated carbocycles. The zero-order valence-corrected chi connectivity index (χ0v) is 10.2. The van der Waals surface area contributed by atoms with E-state index in [0.29, 0.717) is 0 Å². The van der Waals surface area contributed by atoms with Gasteiger partial charge in [-0.1, -0.05) is 6.42 Å². The molecule has 1 aliphatic heterocycles. The van der Waals surface area contributed by atoms with Gasteiger partial charge in [0.05, 0.1) is 0 Å². The van der Waals surface area contributed by atoms with Crippen molar-refractivity contribution in [3.8, 4) is 0 Å². The quantitative estimate of drug-likeness (QED) is 0.688. The summed E-state index contributed by atoms with van der Waals surface area (Å²) in [5.41, 5.74) is 5.49. The van der Waals surface area contributed by atoms with Crippen LogP contribution in [0.1, 0.15) is 32.1 Å². The van der Waals surface area contributed by atoms with Crippen LogP contribution >= 0.6 is 0 Å². The van der Waals surface area contributed by atoms with Crippen molar-refractivity contribution >= 4 is 0 Å². The third-order valence-corrected chi connectivity index (χ3v) is 3.21. The Labute approximate surface area is 94.6 Å². The minimum atomic E-state index is 0.816. The Bertz CT molecular complexity index is 144. The zero-order chi connectivity index (χ0) is 10.9. The van der Waals surface area contributed by atoms with Crippen molar-refractivity contribution < 1.29 is 0 Å². The van der Waals surface area contributed by atoms with Crippen molar-refractivity contribution in [2.24, 2.45) is 5.73 Å². The molecule has 2 N–H and O–H groups in total. The van der Waals surface area contributed by atoms with Gasteiger partial charge in [-0.05, 0) is 72.0 Å². The second-order valence-corrected chi connectivity index (χ2v) is 4.70. The summed E-state index contributed by atoms with van der Waals surface area (Å²) in [6.07, 6.45) is 6.68. The Hall–Kier alpha value is -0.120. The maximum atomic E-state index is 5.49. The van der Waals surface area contributed by atoms with Crippen LogP contribution in [0.3, 0.4) is 0 Å². The summed E-state index contributed by atoms with van der Waals surface area (Å²) >= 11 is 0. The number of nitrogens with zero attached hydrogens (tertiary/aromatic N) is 2. The highest BCUT2D eigenvalue weighted by Gasteiger charge is 2.09. The van der Waals surface area contributed by atoms with Gasteiger partial charge in [-0.25, -0.2) is 0 Å². The SMILES string of the molecule is CN(CCCN)CCCN1CCCCC1. The van der Waals surface area contributed by atoms with E-state index in [1.807, 2.05) is 0 Å². The Kier molecular flexibility index (Phi) is 6.98. The molecule has 1 aliphatic rings. The summed E-state index contributed by atoms with van der Waals surface area (Å²) < 4.78 is 0. The van der Waals surface area contributed by atoms with Crippen LogP contribution in [0, 0.1) is 0 Å². The van der Waals surface area contributed by atoms with Crippen LogP contribution < -0.4 is 5.73 Å². The van der Waals surface area contributed by atoms with Gasteiger partial charge in [-0.15, -0.1) is 0 Å². The molecule has 3 heteroatoms. The predicted octanol–water partition coefficient (Wildman–Crippen LogP) is 1.14. The predicted molar refractivity (Wildman–Crippen MR) is 66.1 cm³/mol. The van der Waals surface area contributed by atoms with Gasteiger partial charge >= 0.3 is 0 Å². The van der Waals surface area contributed by atoms with Crippen molar-refractivity contribution in [3.63, 3.8) is 0 Å². The summed E-state index contributed by atoms with van der Waals surface area (Å²) in [4.78, 5) is 5.01. The van der Waals surface area contributed by atoms with E-state index in [0.717, 1.165) is 19.5 Å². The summed E-state index contributed by atoms with van der Waals surface area (Å²) in [6, 6.07) is 0. The lowest BCUT2D eigenvalue weighted by atomic mass is 10.1. The molecule has 0 radical (unpaired) electrons. The van der Waals surface area contributed by atoms with Crippen LogP contribution in [0.5, 0.6) is 0 Å². The van der Waals surface area contributed by atoms with Crippen LogP contribution in [0.15, 0.2) is 0 Å². The van der Waals surface area contributed by atoms with E-state index in [1.165, 1.54) is 51.9 Å². The van der Waals surface area contributed by atoms with E-state index in [9.17, 15) is 0 Å². The first-order chi connectivity index (χ1) is 7.33. The molecular weight excluding hydrogens is 186 g/mol. The Balaban J connectivity index is 1.94. The van der Waals surface area contributed by atoms with E-state index in [4.69, 9.17) is 5.73 Å². The number of piperidine rings is 1. The summed E-state index contributed by atoms with van der Waals surface area (Å²) in [5, 5.41) is 0. The van der Waals surface area contributed by atoms with Crippen LogP contribution in [0.25, 0.3) is 0 Å². The van der Waals surface area contributed by atoms with Crippen molar-refractivity contribution in [2.45, 2.75) is 32.1 Å². The molecule has 0 aromatic rings. The van der Waals surface area contributed by atoms with E-state index < -0.39 is 0 Å². The van der Waals surface area contributed by atoms with Crippen LogP contribution in [-0.2, 0) is 0 Å². The first kappa shape index (κ1) is 12.9. The fourth-order valence-corrected chi connectivity index (χ4v) is 2.22. The Morgan fingerprint density at radius 2 is 1.73 bits per heavy atom. The lowest BCUT2D eigenvalue weighted by Crippen LogP contribution is -2.33. The topological polar surface area (TPSA) is 32.5 Å². The van der Waals surface area contributed by atoms with Crippen molar-refractivity contribution in [1.82, 2.24) is 9.80 Å².